The number of hydrogen-bond donors (Lipinski definition) is 1. The average Bonchev–Trinajstić information content (AvgIpc) is 2.04. The predicted molar refractivity (Wildman–Crippen MR) is 49.7 cm³/mol. The summed E-state index contributed by atoms with van der Waals surface area (Å²) in [6.45, 7) is 0. The third-order valence-electron chi connectivity index (χ3n) is 1.47. The van der Waals surface area contributed by atoms with Crippen LogP contribution in [-0.2, 0) is 0 Å². The van der Waals surface area contributed by atoms with Crippen molar-refractivity contribution < 1.29 is 4.79 Å². The summed E-state index contributed by atoms with van der Waals surface area (Å²) in [7, 11) is 0. The molecule has 3 nitrogen and oxygen atoms in total. The molecule has 5 heteroatoms. The molecule has 1 aromatic carbocycles. The topological polar surface area (TPSA) is 66.9 Å². The van der Waals surface area contributed by atoms with E-state index in [0.29, 0.717) is 0 Å². The smallest absolute Gasteiger partial charge is 0.250 e. The molecule has 0 unspecified atom stereocenters. The van der Waals surface area contributed by atoms with Crippen molar-refractivity contribution in [1.82, 2.24) is 0 Å². The summed E-state index contributed by atoms with van der Waals surface area (Å²) in [5.74, 6) is -0.682. The van der Waals surface area contributed by atoms with Crippen LogP contribution in [0, 0.1) is 11.3 Å². The lowest BCUT2D eigenvalue weighted by molar-refractivity contribution is 0.100. The van der Waals surface area contributed by atoms with Crippen LogP contribution >= 0.6 is 23.2 Å². The molecule has 0 fully saturated rings. The molecule has 0 heterocycles. The molecule has 0 bridgehead atoms. The van der Waals surface area contributed by atoms with Gasteiger partial charge in [-0.2, -0.15) is 5.26 Å². The van der Waals surface area contributed by atoms with E-state index < -0.39 is 5.91 Å². The second-order valence-corrected chi connectivity index (χ2v) is 3.05. The molecule has 0 spiro atoms. The molecule has 1 amide bonds. The van der Waals surface area contributed by atoms with Crippen molar-refractivity contribution >= 4 is 29.1 Å². The highest BCUT2D eigenvalue weighted by molar-refractivity contribution is 6.38. The Balaban J connectivity index is 3.47. The van der Waals surface area contributed by atoms with Crippen molar-refractivity contribution in [2.45, 2.75) is 0 Å². The minimum absolute atomic E-state index is 0.00231. The van der Waals surface area contributed by atoms with Crippen LogP contribution in [0.1, 0.15) is 15.9 Å². The molecule has 66 valence electrons. The summed E-state index contributed by atoms with van der Waals surface area (Å²) in [4.78, 5) is 10.8. The van der Waals surface area contributed by atoms with Crippen molar-refractivity contribution in [1.29, 1.82) is 5.26 Å². The van der Waals surface area contributed by atoms with E-state index in [9.17, 15) is 4.79 Å². The van der Waals surface area contributed by atoms with Gasteiger partial charge in [0.05, 0.1) is 21.2 Å². The fraction of sp³-hybridized carbons (Fsp3) is 0. The number of nitrogens with two attached hydrogens (primary N) is 1. The molecule has 0 aliphatic rings. The van der Waals surface area contributed by atoms with Crippen molar-refractivity contribution in [3.63, 3.8) is 0 Å². The molecule has 0 atom stereocenters. The van der Waals surface area contributed by atoms with Crippen LogP contribution in [0.5, 0.6) is 0 Å². The molecule has 0 saturated carbocycles. The van der Waals surface area contributed by atoms with Gasteiger partial charge in [0.2, 0.25) is 5.91 Å². The van der Waals surface area contributed by atoms with E-state index in [1.54, 1.807) is 6.07 Å². The molecule has 0 aliphatic heterocycles. The van der Waals surface area contributed by atoms with Gasteiger partial charge in [0.15, 0.2) is 0 Å². The van der Waals surface area contributed by atoms with Gasteiger partial charge in [-0.05, 0) is 12.1 Å². The summed E-state index contributed by atoms with van der Waals surface area (Å²) in [5.41, 5.74) is 5.18. The number of benzene rings is 1. The van der Waals surface area contributed by atoms with Crippen LogP contribution in [0.25, 0.3) is 0 Å². The zero-order valence-corrected chi connectivity index (χ0v) is 7.86. The van der Waals surface area contributed by atoms with Crippen LogP contribution in [0.2, 0.25) is 10.0 Å². The SMILES string of the molecule is N#Cc1c(Cl)ccc(C(N)=O)c1Cl. The van der Waals surface area contributed by atoms with Gasteiger partial charge < -0.3 is 5.73 Å². The summed E-state index contributed by atoms with van der Waals surface area (Å²) >= 11 is 11.3. The second-order valence-electron chi connectivity index (χ2n) is 2.26. The third-order valence-corrected chi connectivity index (χ3v) is 2.18. The van der Waals surface area contributed by atoms with Crippen molar-refractivity contribution in [2.75, 3.05) is 0 Å². The quantitative estimate of drug-likeness (QED) is 0.777. The molecule has 1 aromatic rings. The van der Waals surface area contributed by atoms with Gasteiger partial charge in [0.1, 0.15) is 6.07 Å². The standard InChI is InChI=1S/C8H4Cl2N2O/c9-6-2-1-4(8(12)13)7(10)5(6)3-11/h1-2H,(H2,12,13). The van der Waals surface area contributed by atoms with Crippen molar-refractivity contribution in [3.05, 3.63) is 33.3 Å². The maximum atomic E-state index is 10.8. The molecule has 13 heavy (non-hydrogen) atoms. The van der Waals surface area contributed by atoms with E-state index in [2.05, 4.69) is 0 Å². The molecule has 0 radical (unpaired) electrons. The predicted octanol–water partition coefficient (Wildman–Crippen LogP) is 1.96. The average molecular weight is 215 g/mol. The zero-order valence-electron chi connectivity index (χ0n) is 6.34. The zero-order chi connectivity index (χ0) is 10.0. The van der Waals surface area contributed by atoms with Crippen LogP contribution in [0.3, 0.4) is 0 Å². The van der Waals surface area contributed by atoms with Gasteiger partial charge in [-0.1, -0.05) is 23.2 Å². The van der Waals surface area contributed by atoms with Gasteiger partial charge in [-0.25, -0.2) is 0 Å². The molecule has 2 N–H and O–H groups in total. The van der Waals surface area contributed by atoms with Gasteiger partial charge in [-0.15, -0.1) is 0 Å². The number of carbonyl (C=O) groups excluding carboxylic acids is 1. The second kappa shape index (κ2) is 3.65. The first kappa shape index (κ1) is 9.85. The van der Waals surface area contributed by atoms with Gasteiger partial charge in [-0.3, -0.25) is 4.79 Å². The largest absolute Gasteiger partial charge is 0.366 e. The Kier molecular flexibility index (Phi) is 2.76. The lowest BCUT2D eigenvalue weighted by Gasteiger charge is -2.02. The number of amides is 1. The highest BCUT2D eigenvalue weighted by Gasteiger charge is 2.13. The Labute approximate surface area is 84.7 Å². The van der Waals surface area contributed by atoms with Gasteiger partial charge in [0, 0.05) is 0 Å². The van der Waals surface area contributed by atoms with E-state index in [1.165, 1.54) is 12.1 Å². The van der Waals surface area contributed by atoms with Crippen LogP contribution in [-0.4, -0.2) is 5.91 Å². The van der Waals surface area contributed by atoms with Crippen LogP contribution in [0.4, 0.5) is 0 Å². The molecule has 0 aromatic heterocycles. The van der Waals surface area contributed by atoms with Crippen molar-refractivity contribution in [3.8, 4) is 6.07 Å². The number of carbonyl (C=O) groups is 1. The Morgan fingerprint density at radius 3 is 2.54 bits per heavy atom. The molecular weight excluding hydrogens is 211 g/mol. The van der Waals surface area contributed by atoms with E-state index in [4.69, 9.17) is 34.2 Å². The molecular formula is C8H4Cl2N2O. The highest BCUT2D eigenvalue weighted by Crippen LogP contribution is 2.26. The summed E-state index contributed by atoms with van der Waals surface area (Å²) in [6, 6.07) is 4.58. The Bertz CT molecular complexity index is 409. The van der Waals surface area contributed by atoms with E-state index in [0.717, 1.165) is 0 Å². The lowest BCUT2D eigenvalue weighted by atomic mass is 10.1. The fourth-order valence-electron chi connectivity index (χ4n) is 0.845. The molecule has 0 aliphatic carbocycles. The van der Waals surface area contributed by atoms with Crippen LogP contribution in [0.15, 0.2) is 12.1 Å². The monoisotopic (exact) mass is 214 g/mol. The Hall–Kier alpha value is -1.24. The van der Waals surface area contributed by atoms with E-state index in [1.807, 2.05) is 0 Å². The fourth-order valence-corrected chi connectivity index (χ4v) is 1.39. The molecule has 1 rings (SSSR count). The highest BCUT2D eigenvalue weighted by atomic mass is 35.5. The first-order chi connectivity index (χ1) is 6.07. The normalized spacial score (nSPS) is 9.31. The van der Waals surface area contributed by atoms with Crippen molar-refractivity contribution in [2.24, 2.45) is 5.73 Å². The summed E-state index contributed by atoms with van der Waals surface area (Å²) in [6.07, 6.45) is 0. The number of primary amides is 1. The number of rotatable bonds is 1. The minimum Gasteiger partial charge on any atom is -0.366 e. The number of nitriles is 1. The van der Waals surface area contributed by atoms with Gasteiger partial charge in [0.25, 0.3) is 0 Å². The molecule has 0 saturated heterocycles. The van der Waals surface area contributed by atoms with E-state index in [-0.39, 0.29) is 21.2 Å². The van der Waals surface area contributed by atoms with Crippen LogP contribution < -0.4 is 5.73 Å². The first-order valence-electron chi connectivity index (χ1n) is 3.26. The Morgan fingerprint density at radius 2 is 2.08 bits per heavy atom. The summed E-state index contributed by atoms with van der Waals surface area (Å²) in [5, 5.41) is 8.84. The first-order valence-corrected chi connectivity index (χ1v) is 4.01. The third kappa shape index (κ3) is 1.74. The van der Waals surface area contributed by atoms with Gasteiger partial charge >= 0.3 is 0 Å². The maximum absolute atomic E-state index is 10.8. The summed E-state index contributed by atoms with van der Waals surface area (Å²) < 4.78 is 0. The van der Waals surface area contributed by atoms with E-state index >= 15 is 0 Å². The number of nitrogens with zero attached hydrogens (tertiary/aromatic N) is 1. The minimum atomic E-state index is -0.682. The number of halogens is 2. The Morgan fingerprint density at radius 1 is 1.46 bits per heavy atom. The number of hydrogen-bond acceptors (Lipinski definition) is 2. The lowest BCUT2D eigenvalue weighted by Crippen LogP contribution is -2.12. The maximum Gasteiger partial charge on any atom is 0.250 e.